The quantitative estimate of drug-likeness (QED) is 0.226. The van der Waals surface area contributed by atoms with Gasteiger partial charge in [-0.05, 0) is 63.2 Å². The van der Waals surface area contributed by atoms with Crippen LogP contribution in [0.4, 0.5) is 0 Å². The van der Waals surface area contributed by atoms with Crippen LogP contribution in [0.15, 0.2) is 47.7 Å². The van der Waals surface area contributed by atoms with Crippen LogP contribution in [0.3, 0.4) is 0 Å². The van der Waals surface area contributed by atoms with Crippen LogP contribution in [0.2, 0.25) is 0 Å². The molecule has 3 aliphatic rings. The van der Waals surface area contributed by atoms with E-state index >= 15 is 0 Å². The van der Waals surface area contributed by atoms with Crippen molar-refractivity contribution in [1.82, 2.24) is 9.55 Å². The van der Waals surface area contributed by atoms with Crippen LogP contribution in [-0.4, -0.2) is 32.2 Å². The van der Waals surface area contributed by atoms with E-state index in [0.29, 0.717) is 12.3 Å². The molecule has 0 radical (unpaired) electrons. The number of fused-ring (bicyclic) bond motifs is 2. The van der Waals surface area contributed by atoms with Crippen molar-refractivity contribution in [3.63, 3.8) is 0 Å². The largest absolute Gasteiger partial charge is 0.478 e. The molecule has 1 saturated carbocycles. The Balaban J connectivity index is 1.78. The number of unbranched alkanes of at least 4 members (excludes halogenated alkanes) is 1. The van der Waals surface area contributed by atoms with E-state index in [9.17, 15) is 9.59 Å². The van der Waals surface area contributed by atoms with Gasteiger partial charge >= 0.3 is 11.9 Å². The summed E-state index contributed by atoms with van der Waals surface area (Å²) in [5, 5.41) is 8.95. The predicted molar refractivity (Wildman–Crippen MR) is 141 cm³/mol. The maximum atomic E-state index is 14.1. The van der Waals surface area contributed by atoms with Crippen molar-refractivity contribution in [3.05, 3.63) is 59.2 Å². The highest BCUT2D eigenvalue weighted by molar-refractivity contribution is 5.86. The summed E-state index contributed by atoms with van der Waals surface area (Å²) in [5.41, 5.74) is 1.91. The number of aliphatic carboxylic acids is 1. The minimum Gasteiger partial charge on any atom is -0.478 e. The highest BCUT2D eigenvalue weighted by atomic mass is 16.6. The number of carboxylic acid groups (broad SMARTS) is 1. The van der Waals surface area contributed by atoms with E-state index in [1.807, 2.05) is 33.0 Å². The maximum absolute atomic E-state index is 14.1. The van der Waals surface area contributed by atoms with Gasteiger partial charge in [-0.15, -0.1) is 0 Å². The second kappa shape index (κ2) is 10.6. The number of imidazole rings is 1. The molecule has 36 heavy (non-hydrogen) atoms. The van der Waals surface area contributed by atoms with E-state index in [-0.39, 0.29) is 12.0 Å². The van der Waals surface area contributed by atoms with Gasteiger partial charge in [0, 0.05) is 12.5 Å². The second-order valence-corrected chi connectivity index (χ2v) is 11.4. The van der Waals surface area contributed by atoms with Gasteiger partial charge in [0.05, 0.1) is 17.9 Å². The van der Waals surface area contributed by atoms with Crippen LogP contribution in [0.5, 0.6) is 0 Å². The highest BCUT2D eigenvalue weighted by Crippen LogP contribution is 2.61. The first-order chi connectivity index (χ1) is 17.2. The van der Waals surface area contributed by atoms with Gasteiger partial charge < -0.3 is 14.4 Å². The molecule has 1 fully saturated rings. The van der Waals surface area contributed by atoms with Crippen molar-refractivity contribution < 1.29 is 19.4 Å². The Morgan fingerprint density at radius 1 is 1.25 bits per heavy atom. The average Bonchev–Trinajstić information content (AvgIpc) is 3.57. The molecule has 6 nitrogen and oxygen atoms in total. The van der Waals surface area contributed by atoms with Crippen molar-refractivity contribution in [2.24, 2.45) is 11.3 Å². The molecule has 1 aromatic heterocycles. The number of rotatable bonds is 10. The lowest BCUT2D eigenvalue weighted by molar-refractivity contribution is -0.166. The number of esters is 1. The minimum atomic E-state index is -0.986. The molecule has 1 N–H and O–H groups in total. The molecule has 0 amide bonds. The minimum absolute atomic E-state index is 0.149. The first-order valence-corrected chi connectivity index (χ1v) is 13.4. The standard InChI is InChI=1S/C30H40N2O4/c1-5-6-14-25-31-20-24(13-9-10-15-26(33)34)32(25)27-22-16-17-30(27,28(35)36-29(2,3)4)23(19-22)18-21-11-7-8-12-21/h9-10,13,15-16,19-21,27H,5-8,11-12,14,17-18H2,1-4H3,(H,33,34)/b13-9+,15-10+. The number of carbonyl (C=O) groups is 2. The molecular weight excluding hydrogens is 452 g/mol. The van der Waals surface area contributed by atoms with Crippen molar-refractivity contribution in [2.45, 2.75) is 97.1 Å². The lowest BCUT2D eigenvalue weighted by atomic mass is 9.73. The Morgan fingerprint density at radius 3 is 2.67 bits per heavy atom. The molecule has 0 spiro atoms. The summed E-state index contributed by atoms with van der Waals surface area (Å²) in [6.45, 7) is 7.96. The van der Waals surface area contributed by atoms with E-state index in [0.717, 1.165) is 43.3 Å². The zero-order valence-electron chi connectivity index (χ0n) is 22.1. The molecular formula is C30H40N2O4. The fourth-order valence-corrected chi connectivity index (χ4v) is 6.04. The van der Waals surface area contributed by atoms with Crippen LogP contribution in [-0.2, 0) is 20.7 Å². The van der Waals surface area contributed by atoms with Crippen LogP contribution in [0, 0.1) is 11.3 Å². The fourth-order valence-electron chi connectivity index (χ4n) is 6.04. The summed E-state index contributed by atoms with van der Waals surface area (Å²) >= 11 is 0. The fraction of sp³-hybridized carbons (Fsp3) is 0.567. The molecule has 2 atom stereocenters. The van der Waals surface area contributed by atoms with E-state index in [1.54, 1.807) is 6.08 Å². The third-order valence-corrected chi connectivity index (χ3v) is 7.63. The lowest BCUT2D eigenvalue weighted by Crippen LogP contribution is -2.42. The Hall–Kier alpha value is -2.89. The molecule has 194 valence electrons. The molecule has 2 unspecified atom stereocenters. The topological polar surface area (TPSA) is 81.4 Å². The van der Waals surface area contributed by atoms with Crippen LogP contribution >= 0.6 is 0 Å². The maximum Gasteiger partial charge on any atom is 0.328 e. The third-order valence-electron chi connectivity index (χ3n) is 7.63. The van der Waals surface area contributed by atoms with Gasteiger partial charge in [0.15, 0.2) is 0 Å². The van der Waals surface area contributed by atoms with E-state index in [1.165, 1.54) is 42.9 Å². The Kier molecular flexibility index (Phi) is 7.72. The number of nitrogens with zero attached hydrogens (tertiary/aromatic N) is 2. The molecule has 1 aromatic rings. The van der Waals surface area contributed by atoms with Crippen molar-refractivity contribution in [1.29, 1.82) is 0 Å². The van der Waals surface area contributed by atoms with Gasteiger partial charge in [0.1, 0.15) is 16.8 Å². The van der Waals surface area contributed by atoms with E-state index in [4.69, 9.17) is 14.8 Å². The van der Waals surface area contributed by atoms with Gasteiger partial charge in [-0.25, -0.2) is 9.78 Å². The molecule has 2 bridgehead atoms. The van der Waals surface area contributed by atoms with Gasteiger partial charge in [0.25, 0.3) is 0 Å². The first kappa shape index (κ1) is 26.2. The lowest BCUT2D eigenvalue weighted by Gasteiger charge is -2.37. The molecule has 0 aromatic carbocycles. The average molecular weight is 493 g/mol. The number of ether oxygens (including phenoxy) is 1. The van der Waals surface area contributed by atoms with Gasteiger partial charge in [-0.2, -0.15) is 0 Å². The summed E-state index contributed by atoms with van der Waals surface area (Å²) in [5.74, 6) is 0.447. The van der Waals surface area contributed by atoms with Crippen molar-refractivity contribution in [2.75, 3.05) is 0 Å². The molecule has 3 aliphatic carbocycles. The number of hydrogen-bond acceptors (Lipinski definition) is 4. The van der Waals surface area contributed by atoms with E-state index in [2.05, 4.69) is 23.6 Å². The summed E-state index contributed by atoms with van der Waals surface area (Å²) < 4.78 is 8.33. The number of carboxylic acids is 1. The molecule has 0 saturated heterocycles. The van der Waals surface area contributed by atoms with Crippen molar-refractivity contribution >= 4 is 18.0 Å². The number of aromatic nitrogens is 2. The van der Waals surface area contributed by atoms with Crippen LogP contribution in [0.25, 0.3) is 6.08 Å². The van der Waals surface area contributed by atoms with Crippen LogP contribution < -0.4 is 0 Å². The Morgan fingerprint density at radius 2 is 2.00 bits per heavy atom. The number of aryl methyl sites for hydroxylation is 1. The smallest absolute Gasteiger partial charge is 0.328 e. The number of allylic oxidation sites excluding steroid dienone is 5. The second-order valence-electron chi connectivity index (χ2n) is 11.4. The SMILES string of the molecule is CCCCc1ncc(/C=C/C=C/C(=O)O)n1C1C2=CCC1(C(=O)OC(C)(C)C)C(CC1CCCC1)=C2. The summed E-state index contributed by atoms with van der Waals surface area (Å²) in [6, 6.07) is -0.193. The monoisotopic (exact) mass is 492 g/mol. The first-order valence-electron chi connectivity index (χ1n) is 13.4. The summed E-state index contributed by atoms with van der Waals surface area (Å²) in [7, 11) is 0. The highest BCUT2D eigenvalue weighted by Gasteiger charge is 2.59. The summed E-state index contributed by atoms with van der Waals surface area (Å²) in [6.07, 6.45) is 22.0. The van der Waals surface area contributed by atoms with Crippen molar-refractivity contribution in [3.8, 4) is 0 Å². The molecule has 4 rings (SSSR count). The third kappa shape index (κ3) is 5.28. The Bertz CT molecular complexity index is 1110. The van der Waals surface area contributed by atoms with Gasteiger partial charge in [-0.3, -0.25) is 4.79 Å². The number of hydrogen-bond donors (Lipinski definition) is 1. The van der Waals surface area contributed by atoms with Gasteiger partial charge in [0.2, 0.25) is 0 Å². The molecule has 6 heteroatoms. The molecule has 0 aliphatic heterocycles. The van der Waals surface area contributed by atoms with Crippen LogP contribution in [0.1, 0.15) is 96.6 Å². The van der Waals surface area contributed by atoms with E-state index < -0.39 is 17.0 Å². The number of carbonyl (C=O) groups excluding carboxylic acids is 1. The Labute approximate surface area is 214 Å². The molecule has 1 heterocycles. The van der Waals surface area contributed by atoms with Gasteiger partial charge in [-0.1, -0.05) is 63.3 Å². The zero-order chi connectivity index (χ0) is 25.9. The summed E-state index contributed by atoms with van der Waals surface area (Å²) in [4.78, 5) is 29.8. The zero-order valence-corrected chi connectivity index (χ0v) is 22.1. The predicted octanol–water partition coefficient (Wildman–Crippen LogP) is 6.60. The normalized spacial score (nSPS) is 24.2.